The van der Waals surface area contributed by atoms with E-state index in [0.717, 1.165) is 31.1 Å². The number of aliphatic hydroxyl groups is 1. The molecule has 1 aromatic carbocycles. The molecule has 4 saturated carbocycles. The highest BCUT2D eigenvalue weighted by molar-refractivity contribution is 8.14. The van der Waals surface area contributed by atoms with Crippen LogP contribution in [0.4, 0.5) is 17.6 Å². The number of hydrogen-bond acceptors (Lipinski definition) is 7. The van der Waals surface area contributed by atoms with Gasteiger partial charge in [-0.05, 0) is 74.8 Å². The van der Waals surface area contributed by atoms with Gasteiger partial charge in [-0.15, -0.1) is 0 Å². The third kappa shape index (κ3) is 4.61. The van der Waals surface area contributed by atoms with Gasteiger partial charge in [0.05, 0.1) is 23.3 Å². The van der Waals surface area contributed by atoms with Gasteiger partial charge >= 0.3 is 5.97 Å². The third-order valence-corrected chi connectivity index (χ3v) is 13.0. The van der Waals surface area contributed by atoms with Gasteiger partial charge in [0.1, 0.15) is 17.8 Å². The predicted molar refractivity (Wildman–Crippen MR) is 162 cm³/mol. The summed E-state index contributed by atoms with van der Waals surface area (Å²) in [6.07, 6.45) is 2.55. The first-order valence-corrected chi connectivity index (χ1v) is 16.9. The van der Waals surface area contributed by atoms with E-state index in [0.29, 0.717) is 30.7 Å². The van der Waals surface area contributed by atoms with Crippen molar-refractivity contribution in [3.05, 3.63) is 59.2 Å². The highest BCUT2D eigenvalue weighted by atomic mass is 32.2. The van der Waals surface area contributed by atoms with Crippen molar-refractivity contribution < 1.29 is 46.6 Å². The Bertz CT molecular complexity index is 1550. The summed E-state index contributed by atoms with van der Waals surface area (Å²) in [5, 5.41) is 11.1. The van der Waals surface area contributed by atoms with Crippen molar-refractivity contribution >= 4 is 34.4 Å². The number of Topliss-reactive ketones (excluding diaryl/α,β-unsaturated/α-hetero) is 1. The molecule has 5 aliphatic carbocycles. The Morgan fingerprint density at radius 1 is 1.09 bits per heavy atom. The van der Waals surface area contributed by atoms with Crippen molar-refractivity contribution in [3.63, 3.8) is 0 Å². The van der Waals surface area contributed by atoms with Gasteiger partial charge in [0.2, 0.25) is 5.12 Å². The van der Waals surface area contributed by atoms with E-state index in [9.17, 15) is 33.1 Å². The highest BCUT2D eigenvalue weighted by Crippen LogP contribution is 2.72. The molecule has 0 aromatic heterocycles. The Balaban J connectivity index is 1.39. The maximum atomic E-state index is 17.7. The van der Waals surface area contributed by atoms with Crippen molar-refractivity contribution in [2.24, 2.45) is 34.5 Å². The van der Waals surface area contributed by atoms with Crippen molar-refractivity contribution in [2.75, 3.05) is 5.75 Å². The average Bonchev–Trinajstić information content (AvgIpc) is 3.61. The largest absolute Gasteiger partial charge is 0.449 e. The first-order chi connectivity index (χ1) is 21.6. The van der Waals surface area contributed by atoms with Gasteiger partial charge in [-0.25, -0.2) is 17.6 Å². The quantitative estimate of drug-likeness (QED) is 0.213. The maximum absolute atomic E-state index is 17.7. The average molecular weight is 663 g/mol. The summed E-state index contributed by atoms with van der Waals surface area (Å²) in [5.41, 5.74) is -7.70. The fraction of sp³-hybridized carbons (Fsp3) is 0.600. The van der Waals surface area contributed by atoms with Gasteiger partial charge in [0.25, 0.3) is 0 Å². The van der Waals surface area contributed by atoms with Gasteiger partial charge in [0.15, 0.2) is 22.8 Å². The number of aliphatic hydroxyl groups excluding tert-OH is 1. The van der Waals surface area contributed by atoms with E-state index >= 15 is 8.78 Å². The molecule has 248 valence electrons. The van der Waals surface area contributed by atoms with Gasteiger partial charge < -0.3 is 9.84 Å². The molecule has 5 aliphatic rings. The molecule has 1 aromatic rings. The number of halogens is 4. The predicted octanol–water partition coefficient (Wildman–Crippen LogP) is 6.44. The van der Waals surface area contributed by atoms with Crippen molar-refractivity contribution in [3.8, 4) is 0 Å². The maximum Gasteiger partial charge on any atom is 0.309 e. The number of esters is 1. The molecule has 46 heavy (non-hydrogen) atoms. The molecule has 0 amide bonds. The van der Waals surface area contributed by atoms with Gasteiger partial charge in [-0.3, -0.25) is 19.2 Å². The zero-order chi connectivity index (χ0) is 33.4. The number of carbonyl (C=O) groups excluding carboxylic acids is 4. The smallest absolute Gasteiger partial charge is 0.309 e. The topological polar surface area (TPSA) is 97.7 Å². The number of hydrogen-bond donors (Lipinski definition) is 1. The summed E-state index contributed by atoms with van der Waals surface area (Å²) in [6, 6.07) is 2.50. The monoisotopic (exact) mass is 662 g/mol. The number of carbonyl (C=O) groups is 4. The standard InChI is InChI=1S/C35H38F4O6S/c1-18-12-23-24-15-27(38)25-14-21(40)10-11-32(25,2)34(24,39)29(42)16-33(23,3)35(18,45-30(43)19-6-4-5-7-19)31(44)46-17-28(41)22-9-8-20(36)13-26(22)37/h8-11,13-14,18-19,23-24,27,29,42H,4-7,12,15-17H2,1-3H3/t18-,23+,24+,27+,29+,32+,33+,34+,35+/m1/s1. The molecule has 0 saturated heterocycles. The Morgan fingerprint density at radius 2 is 1.78 bits per heavy atom. The van der Waals surface area contributed by atoms with E-state index < -0.39 is 104 Å². The lowest BCUT2D eigenvalue weighted by Crippen LogP contribution is -2.70. The van der Waals surface area contributed by atoms with Crippen LogP contribution in [0.25, 0.3) is 0 Å². The van der Waals surface area contributed by atoms with Crippen LogP contribution in [-0.2, 0) is 19.1 Å². The number of fused-ring (bicyclic) bond motifs is 5. The van der Waals surface area contributed by atoms with E-state index in [-0.39, 0.29) is 24.8 Å². The molecule has 0 spiro atoms. The zero-order valence-corrected chi connectivity index (χ0v) is 26.8. The van der Waals surface area contributed by atoms with Crippen LogP contribution in [-0.4, -0.2) is 57.1 Å². The fourth-order valence-corrected chi connectivity index (χ4v) is 10.8. The number of alkyl halides is 2. The van der Waals surface area contributed by atoms with Crippen LogP contribution in [0.1, 0.15) is 76.1 Å². The SMILES string of the molecule is C[C@@H]1C[C@H]2[C@@H]3C[C@H](F)C4=CC(=O)C=C[C@]4(C)[C@@]3(F)[C@@H](O)C[C@]2(C)[C@@]1(OC(=O)C1CCCC1)C(=O)SCC(=O)c1ccc(F)cc1F. The molecule has 9 atom stereocenters. The molecular formula is C35H38F4O6S. The first kappa shape index (κ1) is 33.1. The molecule has 1 N–H and O–H groups in total. The lowest BCUT2D eigenvalue weighted by molar-refractivity contribution is -0.229. The van der Waals surface area contributed by atoms with E-state index in [1.807, 2.05) is 0 Å². The molecule has 0 radical (unpaired) electrons. The molecule has 11 heteroatoms. The van der Waals surface area contributed by atoms with E-state index in [1.165, 1.54) is 19.1 Å². The molecule has 0 bridgehead atoms. The second-order valence-electron chi connectivity index (χ2n) is 14.3. The Labute approximate surface area is 269 Å². The summed E-state index contributed by atoms with van der Waals surface area (Å²) in [4.78, 5) is 53.3. The van der Waals surface area contributed by atoms with Crippen LogP contribution >= 0.6 is 11.8 Å². The molecule has 0 aliphatic heterocycles. The molecule has 4 fully saturated rings. The van der Waals surface area contributed by atoms with E-state index in [4.69, 9.17) is 4.74 Å². The number of thioether (sulfide) groups is 1. The number of ether oxygens (including phenoxy) is 1. The van der Waals surface area contributed by atoms with Crippen LogP contribution in [0.3, 0.4) is 0 Å². The van der Waals surface area contributed by atoms with Crippen LogP contribution < -0.4 is 0 Å². The molecular weight excluding hydrogens is 624 g/mol. The number of allylic oxidation sites excluding steroid dienone is 4. The lowest BCUT2D eigenvalue weighted by Gasteiger charge is -2.63. The van der Waals surface area contributed by atoms with Crippen LogP contribution in [0.15, 0.2) is 42.0 Å². The minimum Gasteiger partial charge on any atom is -0.449 e. The lowest BCUT2D eigenvalue weighted by atomic mass is 9.44. The van der Waals surface area contributed by atoms with Gasteiger partial charge in [-0.2, -0.15) is 0 Å². The molecule has 0 unspecified atom stereocenters. The zero-order valence-electron chi connectivity index (χ0n) is 26.0. The second-order valence-corrected chi connectivity index (χ2v) is 15.2. The molecule has 0 heterocycles. The second kappa shape index (κ2) is 11.4. The van der Waals surface area contributed by atoms with E-state index in [2.05, 4.69) is 0 Å². The molecule has 6 rings (SSSR count). The Hall–Kier alpha value is -2.79. The summed E-state index contributed by atoms with van der Waals surface area (Å²) in [5.74, 6) is -7.25. The first-order valence-electron chi connectivity index (χ1n) is 15.9. The minimum atomic E-state index is -2.39. The Morgan fingerprint density at radius 3 is 2.46 bits per heavy atom. The number of benzene rings is 1. The summed E-state index contributed by atoms with van der Waals surface area (Å²) in [6.45, 7) is 4.87. The summed E-state index contributed by atoms with van der Waals surface area (Å²) < 4.78 is 67.8. The highest BCUT2D eigenvalue weighted by Gasteiger charge is 2.78. The van der Waals surface area contributed by atoms with Gasteiger partial charge in [0, 0.05) is 28.7 Å². The van der Waals surface area contributed by atoms with E-state index in [1.54, 1.807) is 13.8 Å². The number of rotatable bonds is 6. The van der Waals surface area contributed by atoms with Crippen LogP contribution in [0.2, 0.25) is 0 Å². The van der Waals surface area contributed by atoms with Crippen LogP contribution in [0.5, 0.6) is 0 Å². The van der Waals surface area contributed by atoms with Crippen molar-refractivity contribution in [2.45, 2.75) is 89.3 Å². The van der Waals surface area contributed by atoms with Crippen LogP contribution in [0, 0.1) is 46.1 Å². The summed E-state index contributed by atoms with van der Waals surface area (Å²) in [7, 11) is 0. The molecule has 6 nitrogen and oxygen atoms in total. The number of ketones is 2. The fourth-order valence-electron chi connectivity index (χ4n) is 9.65. The third-order valence-electron chi connectivity index (χ3n) is 12.0. The van der Waals surface area contributed by atoms with Crippen molar-refractivity contribution in [1.82, 2.24) is 0 Å². The van der Waals surface area contributed by atoms with Crippen molar-refractivity contribution in [1.29, 1.82) is 0 Å². The summed E-state index contributed by atoms with van der Waals surface area (Å²) >= 11 is 0.546. The Kier molecular flexibility index (Phi) is 8.23. The normalized spacial score (nSPS) is 40.1. The minimum absolute atomic E-state index is 0.0236. The van der Waals surface area contributed by atoms with Gasteiger partial charge in [-0.1, -0.05) is 44.5 Å².